The van der Waals surface area contributed by atoms with Gasteiger partial charge in [0.05, 0.1) is 6.61 Å². The van der Waals surface area contributed by atoms with Crippen molar-refractivity contribution >= 4 is 5.95 Å². The van der Waals surface area contributed by atoms with Gasteiger partial charge in [-0.1, -0.05) is 0 Å². The summed E-state index contributed by atoms with van der Waals surface area (Å²) in [5.74, 6) is 0.481. The quantitative estimate of drug-likeness (QED) is 0.660. The molecule has 0 atom stereocenters. The largest absolute Gasteiger partial charge is 0.395 e. The molecule has 0 spiro atoms. The fourth-order valence-corrected chi connectivity index (χ4v) is 1.26. The van der Waals surface area contributed by atoms with Crippen LogP contribution in [0.15, 0.2) is 12.4 Å². The summed E-state index contributed by atoms with van der Waals surface area (Å²) in [6, 6.07) is 0. The van der Waals surface area contributed by atoms with E-state index in [1.54, 1.807) is 12.4 Å². The molecule has 0 bridgehead atoms. The molecule has 0 saturated carbocycles. The van der Waals surface area contributed by atoms with Crippen molar-refractivity contribution in [3.8, 4) is 0 Å². The standard InChI is InChI=1S/C11H19N3O3/c1-3-16-10(17-4-2)9-7-13-11(14-8-9)12-5-6-15/h7-8,10,15H,3-6H2,1-2H3,(H,12,13,14). The number of nitrogens with zero attached hydrogens (tertiary/aromatic N) is 2. The summed E-state index contributed by atoms with van der Waals surface area (Å²) in [7, 11) is 0. The molecule has 2 N–H and O–H groups in total. The minimum atomic E-state index is -0.420. The third-order valence-corrected chi connectivity index (χ3v) is 1.97. The van der Waals surface area contributed by atoms with E-state index in [1.807, 2.05) is 13.8 Å². The first-order valence-corrected chi connectivity index (χ1v) is 5.71. The molecule has 0 saturated heterocycles. The maximum Gasteiger partial charge on any atom is 0.222 e. The highest BCUT2D eigenvalue weighted by Gasteiger charge is 2.12. The van der Waals surface area contributed by atoms with Gasteiger partial charge in [0, 0.05) is 37.7 Å². The highest BCUT2D eigenvalue weighted by Crippen LogP contribution is 2.17. The molecule has 6 heteroatoms. The lowest BCUT2D eigenvalue weighted by Crippen LogP contribution is -2.12. The van der Waals surface area contributed by atoms with Crippen LogP contribution in [-0.4, -0.2) is 41.4 Å². The number of anilines is 1. The van der Waals surface area contributed by atoms with E-state index in [4.69, 9.17) is 14.6 Å². The molecule has 6 nitrogen and oxygen atoms in total. The summed E-state index contributed by atoms with van der Waals surface area (Å²) in [6.07, 6.45) is 2.89. The summed E-state index contributed by atoms with van der Waals surface area (Å²) >= 11 is 0. The molecule has 0 unspecified atom stereocenters. The monoisotopic (exact) mass is 241 g/mol. The first kappa shape index (κ1) is 13.8. The Morgan fingerprint density at radius 1 is 1.24 bits per heavy atom. The Morgan fingerprint density at radius 3 is 2.29 bits per heavy atom. The van der Waals surface area contributed by atoms with Gasteiger partial charge in [-0.25, -0.2) is 9.97 Å². The molecule has 1 rings (SSSR count). The smallest absolute Gasteiger partial charge is 0.222 e. The SMILES string of the molecule is CCOC(OCC)c1cnc(NCCO)nc1. The number of hydrogen-bond acceptors (Lipinski definition) is 6. The number of aromatic nitrogens is 2. The van der Waals surface area contributed by atoms with Gasteiger partial charge >= 0.3 is 0 Å². The lowest BCUT2D eigenvalue weighted by Gasteiger charge is -2.16. The van der Waals surface area contributed by atoms with Crippen molar-refractivity contribution in [3.63, 3.8) is 0 Å². The Hall–Kier alpha value is -1.24. The van der Waals surface area contributed by atoms with Gasteiger partial charge in [-0.05, 0) is 13.8 Å². The predicted octanol–water partition coefficient (Wildman–Crippen LogP) is 0.952. The van der Waals surface area contributed by atoms with E-state index in [-0.39, 0.29) is 6.61 Å². The van der Waals surface area contributed by atoms with Gasteiger partial charge in [0.1, 0.15) is 0 Å². The van der Waals surface area contributed by atoms with Crippen molar-refractivity contribution in [2.45, 2.75) is 20.1 Å². The fraction of sp³-hybridized carbons (Fsp3) is 0.636. The molecule has 1 aromatic heterocycles. The first-order valence-electron chi connectivity index (χ1n) is 5.71. The minimum Gasteiger partial charge on any atom is -0.395 e. The average molecular weight is 241 g/mol. The minimum absolute atomic E-state index is 0.0473. The number of nitrogens with one attached hydrogen (secondary N) is 1. The van der Waals surface area contributed by atoms with Crippen molar-refractivity contribution in [3.05, 3.63) is 18.0 Å². The summed E-state index contributed by atoms with van der Waals surface area (Å²) in [5, 5.41) is 11.5. The highest BCUT2D eigenvalue weighted by atomic mass is 16.7. The molecule has 0 aliphatic carbocycles. The Labute approximate surface area is 101 Å². The van der Waals surface area contributed by atoms with E-state index in [0.29, 0.717) is 25.7 Å². The molecule has 0 radical (unpaired) electrons. The zero-order valence-electron chi connectivity index (χ0n) is 10.2. The van der Waals surface area contributed by atoms with Crippen LogP contribution < -0.4 is 5.32 Å². The van der Waals surface area contributed by atoms with Crippen molar-refractivity contribution < 1.29 is 14.6 Å². The molecule has 0 aromatic carbocycles. The van der Waals surface area contributed by atoms with Crippen LogP contribution in [0.25, 0.3) is 0 Å². The van der Waals surface area contributed by atoms with E-state index in [9.17, 15) is 0 Å². The summed E-state index contributed by atoms with van der Waals surface area (Å²) in [5.41, 5.74) is 0.781. The molecular weight excluding hydrogens is 222 g/mol. The predicted molar refractivity (Wildman–Crippen MR) is 63.6 cm³/mol. The van der Waals surface area contributed by atoms with Crippen molar-refractivity contribution in [1.82, 2.24) is 9.97 Å². The van der Waals surface area contributed by atoms with Crippen molar-refractivity contribution in [2.24, 2.45) is 0 Å². The van der Waals surface area contributed by atoms with E-state index >= 15 is 0 Å². The number of hydrogen-bond donors (Lipinski definition) is 2. The van der Waals surface area contributed by atoms with Gasteiger partial charge in [-0.3, -0.25) is 0 Å². The maximum atomic E-state index is 8.65. The number of aliphatic hydroxyl groups is 1. The van der Waals surface area contributed by atoms with E-state index < -0.39 is 6.29 Å². The summed E-state index contributed by atoms with van der Waals surface area (Å²) in [4.78, 5) is 8.22. The molecule has 0 aliphatic heterocycles. The number of rotatable bonds is 8. The number of aliphatic hydroxyl groups excluding tert-OH is 1. The van der Waals surface area contributed by atoms with Gasteiger partial charge in [-0.15, -0.1) is 0 Å². The van der Waals surface area contributed by atoms with Gasteiger partial charge in [0.15, 0.2) is 6.29 Å². The summed E-state index contributed by atoms with van der Waals surface area (Å²) in [6.45, 7) is 5.42. The van der Waals surface area contributed by atoms with Gasteiger partial charge in [-0.2, -0.15) is 0 Å². The van der Waals surface area contributed by atoms with Crippen LogP contribution >= 0.6 is 0 Å². The second kappa shape index (κ2) is 7.94. The zero-order valence-corrected chi connectivity index (χ0v) is 10.2. The van der Waals surface area contributed by atoms with Crippen LogP contribution in [0.3, 0.4) is 0 Å². The lowest BCUT2D eigenvalue weighted by molar-refractivity contribution is -0.140. The second-order valence-electron chi connectivity index (χ2n) is 3.23. The zero-order chi connectivity index (χ0) is 12.5. The van der Waals surface area contributed by atoms with Crippen LogP contribution in [-0.2, 0) is 9.47 Å². The Bertz CT molecular complexity index is 299. The van der Waals surface area contributed by atoms with Crippen LogP contribution in [0.4, 0.5) is 5.95 Å². The van der Waals surface area contributed by atoms with Crippen LogP contribution in [0.2, 0.25) is 0 Å². The molecule has 1 aromatic rings. The topological polar surface area (TPSA) is 76.5 Å². The molecular formula is C11H19N3O3. The van der Waals surface area contributed by atoms with Crippen molar-refractivity contribution in [1.29, 1.82) is 0 Å². The Kier molecular flexibility index (Phi) is 6.46. The molecule has 0 amide bonds. The van der Waals surface area contributed by atoms with Gasteiger partial charge in [0.25, 0.3) is 0 Å². The number of ether oxygens (including phenoxy) is 2. The van der Waals surface area contributed by atoms with Crippen molar-refractivity contribution in [2.75, 3.05) is 31.7 Å². The second-order valence-corrected chi connectivity index (χ2v) is 3.23. The maximum absolute atomic E-state index is 8.65. The first-order chi connectivity index (χ1) is 8.31. The highest BCUT2D eigenvalue weighted by molar-refractivity contribution is 5.24. The third-order valence-electron chi connectivity index (χ3n) is 1.97. The van der Waals surface area contributed by atoms with E-state index in [0.717, 1.165) is 5.56 Å². The average Bonchev–Trinajstić information content (AvgIpc) is 2.37. The summed E-state index contributed by atoms with van der Waals surface area (Å²) < 4.78 is 10.9. The van der Waals surface area contributed by atoms with E-state index in [2.05, 4.69) is 15.3 Å². The molecule has 96 valence electrons. The molecule has 0 aliphatic rings. The lowest BCUT2D eigenvalue weighted by atomic mass is 10.3. The van der Waals surface area contributed by atoms with Crippen LogP contribution in [0, 0.1) is 0 Å². The molecule has 1 heterocycles. The third kappa shape index (κ3) is 4.64. The molecule has 17 heavy (non-hydrogen) atoms. The Balaban J connectivity index is 2.63. The molecule has 0 fully saturated rings. The van der Waals surface area contributed by atoms with Crippen LogP contribution in [0.5, 0.6) is 0 Å². The Morgan fingerprint density at radius 2 is 1.82 bits per heavy atom. The fourth-order valence-electron chi connectivity index (χ4n) is 1.26. The van der Waals surface area contributed by atoms with Gasteiger partial charge in [0.2, 0.25) is 5.95 Å². The van der Waals surface area contributed by atoms with Gasteiger partial charge < -0.3 is 19.9 Å². The normalized spacial score (nSPS) is 10.8. The van der Waals surface area contributed by atoms with Crippen LogP contribution in [0.1, 0.15) is 25.7 Å². The van der Waals surface area contributed by atoms with E-state index in [1.165, 1.54) is 0 Å².